The molecule has 1 aliphatic heterocycles. The SMILES string of the molecule is Cc1ccc(N2C(=O)CCS2(=O)=O)cc1S(=O)(=O)N(C)CCc1ccncc1. The van der Waals surface area contributed by atoms with Crippen molar-refractivity contribution in [3.05, 3.63) is 53.9 Å². The Labute approximate surface area is 164 Å². The van der Waals surface area contributed by atoms with Crippen LogP contribution in [0.25, 0.3) is 0 Å². The van der Waals surface area contributed by atoms with Gasteiger partial charge in [0.05, 0.1) is 16.3 Å². The van der Waals surface area contributed by atoms with Crippen molar-refractivity contribution in [3.8, 4) is 0 Å². The zero-order valence-electron chi connectivity index (χ0n) is 15.6. The normalized spacial score (nSPS) is 16.7. The van der Waals surface area contributed by atoms with E-state index in [-0.39, 0.29) is 29.3 Å². The summed E-state index contributed by atoms with van der Waals surface area (Å²) in [6.07, 6.45) is 3.69. The summed E-state index contributed by atoms with van der Waals surface area (Å²) < 4.78 is 52.3. The summed E-state index contributed by atoms with van der Waals surface area (Å²) in [7, 11) is -6.15. The first-order chi connectivity index (χ1) is 13.1. The first-order valence-electron chi connectivity index (χ1n) is 8.64. The van der Waals surface area contributed by atoms with E-state index in [1.807, 2.05) is 12.1 Å². The Bertz CT molecular complexity index is 1100. The van der Waals surface area contributed by atoms with E-state index in [9.17, 15) is 21.6 Å². The highest BCUT2D eigenvalue weighted by molar-refractivity contribution is 7.94. The maximum Gasteiger partial charge on any atom is 0.243 e. The van der Waals surface area contributed by atoms with Gasteiger partial charge in [0.2, 0.25) is 26.0 Å². The number of benzene rings is 1. The van der Waals surface area contributed by atoms with Gasteiger partial charge >= 0.3 is 0 Å². The molecule has 150 valence electrons. The Morgan fingerprint density at radius 3 is 2.46 bits per heavy atom. The predicted octanol–water partition coefficient (Wildman–Crippen LogP) is 1.32. The fourth-order valence-electron chi connectivity index (χ4n) is 2.99. The largest absolute Gasteiger partial charge is 0.273 e. The topological polar surface area (TPSA) is 105 Å². The molecule has 0 bridgehead atoms. The van der Waals surface area contributed by atoms with Gasteiger partial charge in [-0.15, -0.1) is 0 Å². The van der Waals surface area contributed by atoms with Crippen LogP contribution in [-0.2, 0) is 31.3 Å². The molecule has 1 aromatic carbocycles. The molecular formula is C18H21N3O5S2. The van der Waals surface area contributed by atoms with Gasteiger partial charge in [0.1, 0.15) is 0 Å². The van der Waals surface area contributed by atoms with E-state index in [1.165, 1.54) is 29.6 Å². The van der Waals surface area contributed by atoms with Crippen LogP contribution in [0, 0.1) is 6.92 Å². The molecule has 0 N–H and O–H groups in total. The summed E-state index contributed by atoms with van der Waals surface area (Å²) in [6.45, 7) is 1.88. The zero-order chi connectivity index (χ0) is 20.5. The van der Waals surface area contributed by atoms with Crippen LogP contribution >= 0.6 is 0 Å². The van der Waals surface area contributed by atoms with Gasteiger partial charge < -0.3 is 0 Å². The molecular weight excluding hydrogens is 402 g/mol. The second kappa shape index (κ2) is 7.61. The Morgan fingerprint density at radius 2 is 1.86 bits per heavy atom. The summed E-state index contributed by atoms with van der Waals surface area (Å²) >= 11 is 0. The van der Waals surface area contributed by atoms with Crippen molar-refractivity contribution in [2.45, 2.75) is 24.7 Å². The molecule has 0 saturated carbocycles. The number of nitrogens with zero attached hydrogens (tertiary/aromatic N) is 3. The summed E-state index contributed by atoms with van der Waals surface area (Å²) in [6, 6.07) is 7.85. The van der Waals surface area contributed by atoms with E-state index in [0.717, 1.165) is 5.56 Å². The smallest absolute Gasteiger partial charge is 0.243 e. The minimum absolute atomic E-state index is 0.0165. The van der Waals surface area contributed by atoms with Crippen molar-refractivity contribution in [1.29, 1.82) is 0 Å². The van der Waals surface area contributed by atoms with Gasteiger partial charge in [-0.25, -0.2) is 25.4 Å². The number of carbonyl (C=O) groups excluding carboxylic acids is 1. The van der Waals surface area contributed by atoms with Crippen molar-refractivity contribution in [3.63, 3.8) is 0 Å². The molecule has 0 radical (unpaired) electrons. The number of carbonyl (C=O) groups is 1. The lowest BCUT2D eigenvalue weighted by atomic mass is 10.2. The van der Waals surface area contributed by atoms with Crippen LogP contribution in [0.2, 0.25) is 0 Å². The highest BCUT2D eigenvalue weighted by atomic mass is 32.2. The maximum atomic E-state index is 13.0. The molecule has 0 atom stereocenters. The number of hydrogen-bond donors (Lipinski definition) is 0. The van der Waals surface area contributed by atoms with Gasteiger partial charge in [-0.2, -0.15) is 0 Å². The van der Waals surface area contributed by atoms with Crippen LogP contribution in [-0.4, -0.2) is 51.4 Å². The Kier molecular flexibility index (Phi) is 5.55. The number of sulfonamides is 2. The van der Waals surface area contributed by atoms with Crippen molar-refractivity contribution >= 4 is 31.6 Å². The van der Waals surface area contributed by atoms with Gasteiger partial charge in [0, 0.05) is 32.4 Å². The molecule has 28 heavy (non-hydrogen) atoms. The van der Waals surface area contributed by atoms with E-state index >= 15 is 0 Å². The third kappa shape index (κ3) is 3.94. The third-order valence-corrected chi connectivity index (χ3v) is 8.33. The van der Waals surface area contributed by atoms with Crippen LogP contribution < -0.4 is 4.31 Å². The van der Waals surface area contributed by atoms with E-state index in [2.05, 4.69) is 4.98 Å². The van der Waals surface area contributed by atoms with Crippen LogP contribution in [0.15, 0.2) is 47.6 Å². The van der Waals surface area contributed by atoms with Crippen LogP contribution in [0.5, 0.6) is 0 Å². The maximum absolute atomic E-state index is 13.0. The molecule has 1 aromatic heterocycles. The van der Waals surface area contributed by atoms with Crippen molar-refractivity contribution in [2.75, 3.05) is 23.7 Å². The lowest BCUT2D eigenvalue weighted by Crippen LogP contribution is -2.31. The number of likely N-dealkylation sites (N-methyl/N-ethyl adjacent to an activating group) is 1. The summed E-state index contributed by atoms with van der Waals surface area (Å²) in [5, 5.41) is 0. The second-order valence-corrected chi connectivity index (χ2v) is 10.6. The Hall–Kier alpha value is -2.30. The summed E-state index contributed by atoms with van der Waals surface area (Å²) in [5.74, 6) is -0.827. The monoisotopic (exact) mass is 423 g/mol. The first kappa shape index (κ1) is 20.4. The minimum Gasteiger partial charge on any atom is -0.273 e. The number of aromatic nitrogens is 1. The minimum atomic E-state index is -3.86. The van der Waals surface area contributed by atoms with Crippen LogP contribution in [0.3, 0.4) is 0 Å². The van der Waals surface area contributed by atoms with Gasteiger partial charge in [0.15, 0.2) is 0 Å². The molecule has 1 aliphatic rings. The second-order valence-electron chi connectivity index (χ2n) is 6.61. The molecule has 0 aliphatic carbocycles. The number of rotatable bonds is 6. The fourth-order valence-corrected chi connectivity index (χ4v) is 5.85. The fraction of sp³-hybridized carbons (Fsp3) is 0.333. The molecule has 10 heteroatoms. The van der Waals surface area contributed by atoms with Gasteiger partial charge in [-0.05, 0) is 48.7 Å². The lowest BCUT2D eigenvalue weighted by molar-refractivity contribution is -0.116. The van der Waals surface area contributed by atoms with Crippen LogP contribution in [0.1, 0.15) is 17.5 Å². The quantitative estimate of drug-likeness (QED) is 0.694. The third-order valence-electron chi connectivity index (χ3n) is 4.64. The van der Waals surface area contributed by atoms with Gasteiger partial charge in [0.25, 0.3) is 0 Å². The predicted molar refractivity (Wildman–Crippen MR) is 105 cm³/mol. The summed E-state index contributed by atoms with van der Waals surface area (Å²) in [5.41, 5.74) is 1.48. The standard InChI is InChI=1S/C18H21N3O5S2/c1-14-3-4-16(21-18(22)8-12-27(21,23)24)13-17(14)28(25,26)20(2)11-7-15-5-9-19-10-6-15/h3-6,9-10,13H,7-8,11-12H2,1-2H3. The highest BCUT2D eigenvalue weighted by Crippen LogP contribution is 2.30. The number of anilines is 1. The van der Waals surface area contributed by atoms with E-state index < -0.39 is 26.0 Å². The number of pyridine rings is 1. The Balaban J connectivity index is 1.90. The zero-order valence-corrected chi connectivity index (χ0v) is 17.2. The molecule has 1 saturated heterocycles. The van der Waals surface area contributed by atoms with Crippen molar-refractivity contribution in [1.82, 2.24) is 9.29 Å². The molecule has 3 rings (SSSR count). The molecule has 8 nitrogen and oxygen atoms in total. The number of hydrogen-bond acceptors (Lipinski definition) is 6. The highest BCUT2D eigenvalue weighted by Gasteiger charge is 2.37. The van der Waals surface area contributed by atoms with E-state index in [4.69, 9.17) is 0 Å². The van der Waals surface area contributed by atoms with Gasteiger partial charge in [-0.3, -0.25) is 9.78 Å². The number of amides is 1. The van der Waals surface area contributed by atoms with Crippen molar-refractivity contribution in [2.24, 2.45) is 0 Å². The number of aryl methyl sites for hydroxylation is 1. The average molecular weight is 424 g/mol. The van der Waals surface area contributed by atoms with Crippen molar-refractivity contribution < 1.29 is 21.6 Å². The molecule has 2 heterocycles. The molecule has 1 amide bonds. The van der Waals surface area contributed by atoms with E-state index in [1.54, 1.807) is 19.3 Å². The van der Waals surface area contributed by atoms with E-state index in [0.29, 0.717) is 16.3 Å². The molecule has 0 unspecified atom stereocenters. The van der Waals surface area contributed by atoms with Gasteiger partial charge in [-0.1, -0.05) is 6.07 Å². The first-order valence-corrected chi connectivity index (χ1v) is 11.7. The molecule has 0 spiro atoms. The average Bonchev–Trinajstić information content (AvgIpc) is 2.93. The molecule has 2 aromatic rings. The summed E-state index contributed by atoms with van der Waals surface area (Å²) in [4.78, 5) is 15.9. The Morgan fingerprint density at radius 1 is 1.18 bits per heavy atom. The lowest BCUT2D eigenvalue weighted by Gasteiger charge is -2.21. The molecule has 1 fully saturated rings. The van der Waals surface area contributed by atoms with Crippen LogP contribution in [0.4, 0.5) is 5.69 Å².